The summed E-state index contributed by atoms with van der Waals surface area (Å²) in [6, 6.07) is 23.9. The Labute approximate surface area is 252 Å². The summed E-state index contributed by atoms with van der Waals surface area (Å²) in [5, 5.41) is 28.4. The van der Waals surface area contributed by atoms with E-state index in [1.54, 1.807) is 24.5 Å². The van der Waals surface area contributed by atoms with Crippen molar-refractivity contribution in [1.82, 2.24) is 15.3 Å². The molecule has 39 heavy (non-hydrogen) atoms. The van der Waals surface area contributed by atoms with Gasteiger partial charge in [-0.15, -0.1) is 0 Å². The van der Waals surface area contributed by atoms with Crippen molar-refractivity contribution in [2.45, 2.75) is 19.0 Å². The molecule has 2 heterocycles. The second kappa shape index (κ2) is 16.3. The summed E-state index contributed by atoms with van der Waals surface area (Å²) in [5.74, 6) is -1.35. The van der Waals surface area contributed by atoms with Crippen molar-refractivity contribution >= 4 is 59.6 Å². The molecule has 2 aromatic heterocycles. The van der Waals surface area contributed by atoms with Crippen LogP contribution in [0.5, 0.6) is 5.75 Å². The number of nitrogens with one attached hydrogen (secondary N) is 1. The van der Waals surface area contributed by atoms with Crippen LogP contribution in [0.2, 0.25) is 0 Å². The van der Waals surface area contributed by atoms with Crippen molar-refractivity contribution in [2.24, 2.45) is 0 Å². The van der Waals surface area contributed by atoms with E-state index in [0.29, 0.717) is 16.5 Å². The van der Waals surface area contributed by atoms with E-state index in [0.717, 1.165) is 31.8 Å². The summed E-state index contributed by atoms with van der Waals surface area (Å²) >= 11 is 6.50. The predicted molar refractivity (Wildman–Crippen MR) is 151 cm³/mol. The van der Waals surface area contributed by atoms with Gasteiger partial charge in [0.25, 0.3) is 0 Å². The Morgan fingerprint density at radius 2 is 1.41 bits per heavy atom. The van der Waals surface area contributed by atoms with Gasteiger partial charge in [0.15, 0.2) is 0 Å². The third kappa shape index (κ3) is 9.08. The van der Waals surface area contributed by atoms with Crippen molar-refractivity contribution in [3.63, 3.8) is 0 Å². The van der Waals surface area contributed by atoms with Crippen LogP contribution in [0.15, 0.2) is 100 Å². The second-order valence-corrected chi connectivity index (χ2v) is 9.80. The number of carboxylic acid groups (broad SMARTS) is 1. The number of nitrogens with zero attached hydrogens (tertiary/aromatic N) is 2. The minimum atomic E-state index is -1.19. The molecular weight excluding hydrogens is 673 g/mol. The van der Waals surface area contributed by atoms with Crippen molar-refractivity contribution in [3.8, 4) is 5.75 Å². The summed E-state index contributed by atoms with van der Waals surface area (Å²) in [4.78, 5) is 20.0. The predicted octanol–water partition coefficient (Wildman–Crippen LogP) is 2.87. The number of carboxylic acids is 1. The van der Waals surface area contributed by atoms with Crippen LogP contribution in [0.25, 0.3) is 21.8 Å². The van der Waals surface area contributed by atoms with Gasteiger partial charge in [0.2, 0.25) is 0 Å². The van der Waals surface area contributed by atoms with Gasteiger partial charge in [-0.05, 0) is 41.8 Å². The van der Waals surface area contributed by atoms with E-state index < -0.39 is 12.0 Å². The van der Waals surface area contributed by atoms with E-state index in [1.807, 2.05) is 42.5 Å². The van der Waals surface area contributed by atoms with Gasteiger partial charge in [-0.3, -0.25) is 9.97 Å². The standard InChI is InChI=1S/C16H15Br2NO3.C12H8N2.Mn.2H2O/c17-12-7-11(15(20)13(18)8-12)9-19-14(16(21)22)6-10-4-2-1-3-5-10;1-3-9-5-6-10-4-2-8-14-12(10)11(9)13-7-1;;;/h1-5,7-8,14,19-20H,6,9H2,(H,21,22);1-8H;;2*1H2/q;;+3;;/p-2/t14-;;;;/m0..../s1. The minimum Gasteiger partial charge on any atom is -0.871 e. The number of aliphatic carboxylic acids is 1. The molecule has 0 saturated carbocycles. The fourth-order valence-corrected chi connectivity index (χ4v) is 5.06. The SMILES string of the molecule is O.O.O=C([O-])[C@H](Cc1ccccc1)NCc1cc(Br)cc(Br)c1[O-].[Mn+3].c1cnc2c(c1)ccc1cccnc12. The third-order valence-electron chi connectivity index (χ3n) is 5.54. The zero-order valence-corrected chi connectivity index (χ0v) is 24.8. The molecule has 0 fully saturated rings. The molecule has 5 rings (SSSR count). The largest absolute Gasteiger partial charge is 3.00 e. The number of hydrogen-bond donors (Lipinski definition) is 1. The van der Waals surface area contributed by atoms with E-state index in [9.17, 15) is 15.0 Å². The quantitative estimate of drug-likeness (QED) is 0.212. The first-order chi connectivity index (χ1) is 17.4. The normalized spacial score (nSPS) is 10.7. The minimum absolute atomic E-state index is 0. The molecule has 0 amide bonds. The molecule has 0 aliphatic carbocycles. The van der Waals surface area contributed by atoms with Crippen LogP contribution in [-0.4, -0.2) is 32.9 Å². The fourth-order valence-electron chi connectivity index (χ4n) is 3.75. The molecule has 5 N–H and O–H groups in total. The zero-order valence-electron chi connectivity index (χ0n) is 20.4. The number of pyridine rings is 2. The van der Waals surface area contributed by atoms with Gasteiger partial charge in [-0.25, -0.2) is 0 Å². The van der Waals surface area contributed by atoms with Crippen molar-refractivity contribution in [3.05, 3.63) is 111 Å². The van der Waals surface area contributed by atoms with Gasteiger partial charge >= 0.3 is 17.1 Å². The van der Waals surface area contributed by atoms with Gasteiger partial charge in [0.1, 0.15) is 0 Å². The van der Waals surface area contributed by atoms with E-state index in [1.165, 1.54) is 0 Å². The summed E-state index contributed by atoms with van der Waals surface area (Å²) in [7, 11) is 0. The van der Waals surface area contributed by atoms with Crippen molar-refractivity contribution in [2.75, 3.05) is 0 Å². The second-order valence-electron chi connectivity index (χ2n) is 8.03. The Kier molecular flexibility index (Phi) is 14.2. The van der Waals surface area contributed by atoms with E-state index in [4.69, 9.17) is 0 Å². The number of carbonyl (C=O) groups excluding carboxylic acids is 1. The van der Waals surface area contributed by atoms with Gasteiger partial charge in [0.05, 0.1) is 23.0 Å². The molecule has 8 nitrogen and oxygen atoms in total. The van der Waals surface area contributed by atoms with Crippen molar-refractivity contribution in [1.29, 1.82) is 0 Å². The van der Waals surface area contributed by atoms with E-state index in [2.05, 4.69) is 71.4 Å². The molecule has 202 valence electrons. The number of carbonyl (C=O) groups is 1. The topological polar surface area (TPSA) is 164 Å². The molecule has 11 heteroatoms. The third-order valence-corrected chi connectivity index (χ3v) is 6.58. The van der Waals surface area contributed by atoms with Crippen LogP contribution in [0, 0.1) is 0 Å². The van der Waals surface area contributed by atoms with Crippen molar-refractivity contribution < 1.29 is 43.0 Å². The summed E-state index contributed by atoms with van der Waals surface area (Å²) in [5.41, 5.74) is 3.33. The molecule has 3 aromatic carbocycles. The summed E-state index contributed by atoms with van der Waals surface area (Å²) in [6.45, 7) is 0.155. The smallest absolute Gasteiger partial charge is 0.871 e. The number of benzene rings is 3. The fraction of sp³-hybridized carbons (Fsp3) is 0.107. The Bertz CT molecular complexity index is 1450. The summed E-state index contributed by atoms with van der Waals surface area (Å²) < 4.78 is 1.19. The van der Waals surface area contributed by atoms with Gasteiger partial charge in [-0.2, -0.15) is 0 Å². The van der Waals surface area contributed by atoms with Crippen LogP contribution in [0.4, 0.5) is 0 Å². The molecular formula is C28H25Br2MnN3O5+. The number of rotatable bonds is 6. The molecule has 0 aliphatic heterocycles. The van der Waals surface area contributed by atoms with Gasteiger partial charge < -0.3 is 31.3 Å². The van der Waals surface area contributed by atoms with Gasteiger partial charge in [-0.1, -0.05) is 92.2 Å². The molecule has 0 bridgehead atoms. The first-order valence-corrected chi connectivity index (χ1v) is 12.7. The molecule has 0 aliphatic rings. The number of fused-ring (bicyclic) bond motifs is 3. The maximum absolute atomic E-state index is 12.0. The first kappa shape index (κ1) is 34.1. The average molecular weight is 698 g/mol. The maximum Gasteiger partial charge on any atom is 3.00 e. The maximum atomic E-state index is 12.0. The Balaban J connectivity index is 0.000000389. The first-order valence-electron chi connectivity index (χ1n) is 11.1. The number of aromatic nitrogens is 2. The molecule has 1 atom stereocenters. The van der Waals surface area contributed by atoms with E-state index >= 15 is 0 Å². The Hall–Kier alpha value is -2.89. The van der Waals surface area contributed by atoms with E-state index in [-0.39, 0.29) is 40.3 Å². The van der Waals surface area contributed by atoms with Crippen LogP contribution in [0.3, 0.4) is 0 Å². The van der Waals surface area contributed by atoms with Crippen LogP contribution in [0.1, 0.15) is 11.1 Å². The molecule has 0 spiro atoms. The molecule has 0 saturated heterocycles. The van der Waals surface area contributed by atoms with Crippen LogP contribution >= 0.6 is 31.9 Å². The number of hydrogen-bond acceptors (Lipinski definition) is 6. The Morgan fingerprint density at radius 3 is 1.95 bits per heavy atom. The average Bonchev–Trinajstić information content (AvgIpc) is 2.90. The van der Waals surface area contributed by atoms with Gasteiger partial charge in [0, 0.05) is 38.7 Å². The monoisotopic (exact) mass is 696 g/mol. The molecule has 0 unspecified atom stereocenters. The molecule has 5 aromatic rings. The summed E-state index contributed by atoms with van der Waals surface area (Å²) in [6.07, 6.45) is 3.90. The number of halogens is 2. The Morgan fingerprint density at radius 1 is 0.846 bits per heavy atom. The van der Waals surface area contributed by atoms with Crippen LogP contribution < -0.4 is 15.5 Å². The van der Waals surface area contributed by atoms with Crippen LogP contribution in [-0.2, 0) is 34.8 Å². The zero-order chi connectivity index (χ0) is 25.5. The molecule has 0 radical (unpaired) electrons.